The third-order valence-electron chi connectivity index (χ3n) is 7.88. The summed E-state index contributed by atoms with van der Waals surface area (Å²) in [5.41, 5.74) is 2.16. The standard InChI is InChI=1S/C24H26N6O/c1-22(2,31)18-5-8-29(13-18)21-10-19(12-26-28-21)30-20-9-17(4-3-16(20)11-27-30)24(15-25)14-23(24)6-7-23/h3-4,9-12,18,31H,5-8,13-14H2,1-2H3/t18-,24+/m1/s1. The van der Waals surface area contributed by atoms with E-state index in [9.17, 15) is 10.4 Å². The number of aromatic nitrogens is 4. The van der Waals surface area contributed by atoms with Crippen molar-refractivity contribution in [3.63, 3.8) is 0 Å². The summed E-state index contributed by atoms with van der Waals surface area (Å²) in [7, 11) is 0. The summed E-state index contributed by atoms with van der Waals surface area (Å²) in [5, 5.41) is 34.5. The molecule has 3 heterocycles. The number of aliphatic hydroxyl groups is 1. The molecule has 0 amide bonds. The van der Waals surface area contributed by atoms with Crippen LogP contribution in [0.3, 0.4) is 0 Å². The number of benzene rings is 1. The fourth-order valence-corrected chi connectivity index (χ4v) is 5.50. The molecule has 3 fully saturated rings. The van der Waals surface area contributed by atoms with Crippen molar-refractivity contribution in [3.05, 3.63) is 42.2 Å². The normalized spacial score (nSPS) is 26.4. The molecule has 6 rings (SSSR count). The maximum atomic E-state index is 10.4. The zero-order chi connectivity index (χ0) is 21.4. The summed E-state index contributed by atoms with van der Waals surface area (Å²) in [5.74, 6) is 1.01. The minimum absolute atomic E-state index is 0.210. The van der Waals surface area contributed by atoms with E-state index in [4.69, 9.17) is 0 Å². The number of hydrogen-bond acceptors (Lipinski definition) is 6. The molecule has 2 saturated carbocycles. The van der Waals surface area contributed by atoms with Crippen LogP contribution in [0.25, 0.3) is 16.6 Å². The molecule has 158 valence electrons. The maximum absolute atomic E-state index is 10.4. The van der Waals surface area contributed by atoms with Gasteiger partial charge in [0.2, 0.25) is 0 Å². The van der Waals surface area contributed by atoms with Crippen LogP contribution in [0.15, 0.2) is 36.7 Å². The number of hydrogen-bond donors (Lipinski definition) is 1. The first-order chi connectivity index (χ1) is 14.9. The van der Waals surface area contributed by atoms with E-state index >= 15 is 0 Å². The largest absolute Gasteiger partial charge is 0.390 e. The van der Waals surface area contributed by atoms with Gasteiger partial charge < -0.3 is 10.0 Å². The second-order valence-corrected chi connectivity index (χ2v) is 10.2. The molecule has 2 aliphatic carbocycles. The molecule has 0 unspecified atom stereocenters. The molecule has 3 aliphatic rings. The molecular formula is C24H26N6O. The molecule has 31 heavy (non-hydrogen) atoms. The van der Waals surface area contributed by atoms with Crippen LogP contribution >= 0.6 is 0 Å². The first kappa shape index (κ1) is 18.8. The van der Waals surface area contributed by atoms with Gasteiger partial charge in [-0.05, 0) is 56.6 Å². The predicted molar refractivity (Wildman–Crippen MR) is 117 cm³/mol. The van der Waals surface area contributed by atoms with Crippen molar-refractivity contribution in [2.24, 2.45) is 11.3 Å². The average Bonchev–Trinajstić information content (AvgIpc) is 3.50. The molecule has 1 saturated heterocycles. The summed E-state index contributed by atoms with van der Waals surface area (Å²) in [4.78, 5) is 2.18. The topological polar surface area (TPSA) is 90.9 Å². The van der Waals surface area contributed by atoms with E-state index in [1.807, 2.05) is 30.8 Å². The molecule has 1 spiro atoms. The van der Waals surface area contributed by atoms with Gasteiger partial charge in [0.25, 0.3) is 0 Å². The fraction of sp³-hybridized carbons (Fsp3) is 0.500. The average molecular weight is 415 g/mol. The van der Waals surface area contributed by atoms with Crippen molar-refractivity contribution >= 4 is 16.7 Å². The quantitative estimate of drug-likeness (QED) is 0.704. The summed E-state index contributed by atoms with van der Waals surface area (Å²) >= 11 is 0. The second kappa shape index (κ2) is 6.04. The van der Waals surface area contributed by atoms with Gasteiger partial charge in [0.05, 0.1) is 40.7 Å². The van der Waals surface area contributed by atoms with Crippen LogP contribution in [0.5, 0.6) is 0 Å². The SMILES string of the molecule is CC(C)(O)[C@@H]1CCN(c2cc(-n3ncc4ccc([C@@]5(C#N)CC56CC6)cc43)cnn2)C1. The number of anilines is 1. The predicted octanol–water partition coefficient (Wildman–Crippen LogP) is 3.36. The highest BCUT2D eigenvalue weighted by Crippen LogP contribution is 2.78. The maximum Gasteiger partial charge on any atom is 0.153 e. The lowest BCUT2D eigenvalue weighted by atomic mass is 9.90. The van der Waals surface area contributed by atoms with Gasteiger partial charge in [-0.15, -0.1) is 5.10 Å². The fourth-order valence-electron chi connectivity index (χ4n) is 5.50. The Bertz CT molecular complexity index is 1230. The number of nitrogens with zero attached hydrogens (tertiary/aromatic N) is 6. The van der Waals surface area contributed by atoms with E-state index in [-0.39, 0.29) is 16.7 Å². The van der Waals surface area contributed by atoms with Crippen LogP contribution in [0, 0.1) is 22.7 Å². The Morgan fingerprint density at radius 1 is 1.23 bits per heavy atom. The summed E-state index contributed by atoms with van der Waals surface area (Å²) in [6, 6.07) is 10.9. The molecule has 0 radical (unpaired) electrons. The highest BCUT2D eigenvalue weighted by molar-refractivity contribution is 5.82. The first-order valence-electron chi connectivity index (χ1n) is 11.1. The van der Waals surface area contributed by atoms with E-state index in [1.54, 1.807) is 6.20 Å². The van der Waals surface area contributed by atoms with Gasteiger partial charge in [0, 0.05) is 30.5 Å². The van der Waals surface area contributed by atoms with Crippen molar-refractivity contribution in [1.29, 1.82) is 5.26 Å². The zero-order valence-electron chi connectivity index (χ0n) is 17.9. The summed E-state index contributed by atoms with van der Waals surface area (Å²) in [6.45, 7) is 5.36. The van der Waals surface area contributed by atoms with Crippen LogP contribution < -0.4 is 4.90 Å². The summed E-state index contributed by atoms with van der Waals surface area (Å²) < 4.78 is 1.90. The van der Waals surface area contributed by atoms with Crippen molar-refractivity contribution in [1.82, 2.24) is 20.0 Å². The van der Waals surface area contributed by atoms with Crippen LogP contribution in [-0.2, 0) is 5.41 Å². The lowest BCUT2D eigenvalue weighted by Crippen LogP contribution is -2.33. The molecule has 1 aromatic carbocycles. The van der Waals surface area contributed by atoms with Crippen molar-refractivity contribution in [2.75, 3.05) is 18.0 Å². The Labute approximate surface area is 181 Å². The summed E-state index contributed by atoms with van der Waals surface area (Å²) in [6.07, 6.45) is 7.83. The Hall–Kier alpha value is -2.98. The molecule has 7 heteroatoms. The number of rotatable bonds is 4. The number of nitriles is 1. The minimum Gasteiger partial charge on any atom is -0.390 e. The van der Waals surface area contributed by atoms with Crippen LogP contribution in [0.4, 0.5) is 5.82 Å². The molecule has 3 aromatic rings. The molecular weight excluding hydrogens is 388 g/mol. The Morgan fingerprint density at radius 3 is 2.74 bits per heavy atom. The van der Waals surface area contributed by atoms with Gasteiger partial charge in [-0.3, -0.25) is 0 Å². The van der Waals surface area contributed by atoms with Crippen LogP contribution in [0.2, 0.25) is 0 Å². The molecule has 2 atom stereocenters. The molecule has 1 aliphatic heterocycles. The smallest absolute Gasteiger partial charge is 0.153 e. The van der Waals surface area contributed by atoms with Gasteiger partial charge in [-0.1, -0.05) is 12.1 Å². The van der Waals surface area contributed by atoms with E-state index in [0.29, 0.717) is 0 Å². The van der Waals surface area contributed by atoms with Crippen molar-refractivity contribution in [3.8, 4) is 11.8 Å². The van der Waals surface area contributed by atoms with Gasteiger partial charge >= 0.3 is 0 Å². The lowest BCUT2D eigenvalue weighted by Gasteiger charge is -2.25. The van der Waals surface area contributed by atoms with E-state index < -0.39 is 5.60 Å². The van der Waals surface area contributed by atoms with Gasteiger partial charge in [0.15, 0.2) is 5.82 Å². The highest BCUT2D eigenvalue weighted by Gasteiger charge is 2.75. The van der Waals surface area contributed by atoms with E-state index in [0.717, 1.165) is 66.7 Å². The highest BCUT2D eigenvalue weighted by atomic mass is 16.3. The first-order valence-corrected chi connectivity index (χ1v) is 11.1. The minimum atomic E-state index is -0.702. The van der Waals surface area contributed by atoms with Crippen LogP contribution in [-0.4, -0.2) is 43.8 Å². The van der Waals surface area contributed by atoms with Gasteiger partial charge in [0.1, 0.15) is 0 Å². The third-order valence-corrected chi connectivity index (χ3v) is 7.88. The Morgan fingerprint density at radius 2 is 2.06 bits per heavy atom. The monoisotopic (exact) mass is 414 g/mol. The molecule has 7 nitrogen and oxygen atoms in total. The Balaban J connectivity index is 1.35. The van der Waals surface area contributed by atoms with Crippen LogP contribution in [0.1, 0.15) is 45.1 Å². The molecule has 0 bridgehead atoms. The van der Waals surface area contributed by atoms with Gasteiger partial charge in [-0.2, -0.15) is 15.5 Å². The Kier molecular flexibility index (Phi) is 3.66. The molecule has 1 N–H and O–H groups in total. The molecule has 2 aromatic heterocycles. The zero-order valence-corrected chi connectivity index (χ0v) is 17.9. The van der Waals surface area contributed by atoms with Crippen molar-refractivity contribution in [2.45, 2.75) is 50.5 Å². The van der Waals surface area contributed by atoms with Crippen molar-refractivity contribution < 1.29 is 5.11 Å². The van der Waals surface area contributed by atoms with E-state index in [2.05, 4.69) is 44.5 Å². The lowest BCUT2D eigenvalue weighted by molar-refractivity contribution is 0.0263. The van der Waals surface area contributed by atoms with E-state index in [1.165, 1.54) is 0 Å². The second-order valence-electron chi connectivity index (χ2n) is 10.2. The van der Waals surface area contributed by atoms with Gasteiger partial charge in [-0.25, -0.2) is 4.68 Å². The third kappa shape index (κ3) is 2.71. The number of fused-ring (bicyclic) bond motifs is 1.